The number of halogens is 2. The van der Waals surface area contributed by atoms with Crippen molar-refractivity contribution in [2.45, 2.75) is 50.9 Å². The second-order valence-corrected chi connectivity index (χ2v) is 7.93. The fraction of sp³-hybridized carbons (Fsp3) is 0.429. The van der Waals surface area contributed by atoms with Crippen LogP contribution in [0, 0.1) is 17.0 Å². The van der Waals surface area contributed by atoms with E-state index in [2.05, 4.69) is 19.1 Å². The van der Waals surface area contributed by atoms with Crippen LogP contribution in [-0.4, -0.2) is 5.11 Å². The number of rotatable bonds is 2. The first-order valence-electron chi connectivity index (χ1n) is 8.70. The molecule has 0 aliphatic heterocycles. The Labute approximate surface area is 141 Å². The molecule has 2 bridgehead atoms. The maximum absolute atomic E-state index is 14.1. The molecule has 0 unspecified atom stereocenters. The molecule has 3 aliphatic carbocycles. The summed E-state index contributed by atoms with van der Waals surface area (Å²) < 4.78 is 27.6. The lowest BCUT2D eigenvalue weighted by molar-refractivity contribution is 0.0556. The Bertz CT molecular complexity index is 755. The lowest BCUT2D eigenvalue weighted by Gasteiger charge is -2.52. The van der Waals surface area contributed by atoms with Gasteiger partial charge in [-0.1, -0.05) is 31.2 Å². The Balaban J connectivity index is 1.66. The first kappa shape index (κ1) is 15.6. The highest BCUT2D eigenvalue weighted by molar-refractivity contribution is 5.65. The lowest BCUT2D eigenvalue weighted by atomic mass is 9.52. The number of fused-ring (bicyclic) bond motifs is 3. The topological polar surface area (TPSA) is 20.2 Å². The molecule has 126 valence electrons. The lowest BCUT2D eigenvalue weighted by Crippen LogP contribution is -2.42. The molecule has 0 atom stereocenters. The zero-order valence-corrected chi connectivity index (χ0v) is 13.9. The average molecular weight is 328 g/mol. The zero-order valence-electron chi connectivity index (χ0n) is 13.9. The van der Waals surface area contributed by atoms with Crippen LogP contribution < -0.4 is 0 Å². The van der Waals surface area contributed by atoms with Gasteiger partial charge in [0.25, 0.3) is 0 Å². The summed E-state index contributed by atoms with van der Waals surface area (Å²) in [6.07, 6.45) is 7.53. The van der Waals surface area contributed by atoms with E-state index in [1.165, 1.54) is 56.2 Å². The fourth-order valence-corrected chi connectivity index (χ4v) is 4.57. The van der Waals surface area contributed by atoms with Crippen LogP contribution in [0.2, 0.25) is 0 Å². The number of aromatic hydroxyl groups is 1. The normalized spacial score (nSPS) is 29.0. The second kappa shape index (κ2) is 5.30. The van der Waals surface area contributed by atoms with Crippen molar-refractivity contribution in [1.82, 2.24) is 0 Å². The van der Waals surface area contributed by atoms with Crippen molar-refractivity contribution in [2.24, 2.45) is 5.41 Å². The molecule has 3 heteroatoms. The maximum atomic E-state index is 14.1. The summed E-state index contributed by atoms with van der Waals surface area (Å²) in [5, 5.41) is 9.26. The SMILES string of the molecule is CC12CCC(c3ccc(-c4ccc(O)c(F)c4F)cc3)(CC1)CC2. The number of phenolic OH excluding ortho intramolecular Hbond substituents is 1. The van der Waals surface area contributed by atoms with Crippen LogP contribution in [0.5, 0.6) is 5.75 Å². The van der Waals surface area contributed by atoms with Crippen molar-refractivity contribution in [3.05, 3.63) is 53.6 Å². The third kappa shape index (κ3) is 2.33. The molecule has 0 spiro atoms. The number of hydrogen-bond donors (Lipinski definition) is 1. The van der Waals surface area contributed by atoms with Gasteiger partial charge in [0.1, 0.15) is 0 Å². The summed E-state index contributed by atoms with van der Waals surface area (Å²) in [5.41, 5.74) is 2.97. The van der Waals surface area contributed by atoms with Crippen molar-refractivity contribution in [3.63, 3.8) is 0 Å². The van der Waals surface area contributed by atoms with Gasteiger partial charge in [-0.15, -0.1) is 0 Å². The van der Waals surface area contributed by atoms with Crippen LogP contribution >= 0.6 is 0 Å². The Morgan fingerprint density at radius 3 is 1.96 bits per heavy atom. The minimum atomic E-state index is -1.19. The standard InChI is InChI=1S/C21H22F2O/c1-20-8-11-21(12-9-20,13-10-20)15-4-2-14(3-5-15)16-6-7-17(24)19(23)18(16)22/h2-7,24H,8-13H2,1H3. The third-order valence-corrected chi connectivity index (χ3v) is 6.49. The van der Waals surface area contributed by atoms with E-state index in [-0.39, 0.29) is 11.0 Å². The fourth-order valence-electron chi connectivity index (χ4n) is 4.57. The van der Waals surface area contributed by atoms with Gasteiger partial charge in [-0.05, 0) is 72.6 Å². The highest BCUT2D eigenvalue weighted by Crippen LogP contribution is 2.57. The van der Waals surface area contributed by atoms with Crippen LogP contribution in [-0.2, 0) is 5.41 Å². The number of hydrogen-bond acceptors (Lipinski definition) is 1. The van der Waals surface area contributed by atoms with E-state index in [0.717, 1.165) is 0 Å². The van der Waals surface area contributed by atoms with Crippen molar-refractivity contribution in [3.8, 4) is 16.9 Å². The largest absolute Gasteiger partial charge is 0.505 e. The molecule has 0 amide bonds. The van der Waals surface area contributed by atoms with Gasteiger partial charge >= 0.3 is 0 Å². The summed E-state index contributed by atoms with van der Waals surface area (Å²) in [4.78, 5) is 0. The molecule has 1 nitrogen and oxygen atoms in total. The van der Waals surface area contributed by atoms with Crippen molar-refractivity contribution in [2.75, 3.05) is 0 Å². The quantitative estimate of drug-likeness (QED) is 0.722. The van der Waals surface area contributed by atoms with Crippen LogP contribution in [0.3, 0.4) is 0 Å². The van der Waals surface area contributed by atoms with Crippen molar-refractivity contribution in [1.29, 1.82) is 0 Å². The molecule has 1 N–H and O–H groups in total. The molecule has 2 aromatic rings. The Kier molecular flexibility index (Phi) is 3.45. The highest BCUT2D eigenvalue weighted by atomic mass is 19.2. The predicted octanol–water partition coefficient (Wildman–Crippen LogP) is 5.95. The molecule has 24 heavy (non-hydrogen) atoms. The molecule has 3 saturated carbocycles. The third-order valence-electron chi connectivity index (χ3n) is 6.49. The summed E-state index contributed by atoms with van der Waals surface area (Å²) >= 11 is 0. The van der Waals surface area contributed by atoms with E-state index in [9.17, 15) is 13.9 Å². The summed E-state index contributed by atoms with van der Waals surface area (Å²) in [5.74, 6) is -2.83. The smallest absolute Gasteiger partial charge is 0.200 e. The molecule has 0 radical (unpaired) electrons. The molecule has 3 fully saturated rings. The highest BCUT2D eigenvalue weighted by Gasteiger charge is 2.46. The predicted molar refractivity (Wildman–Crippen MR) is 90.9 cm³/mol. The number of benzene rings is 2. The molecule has 5 rings (SSSR count). The number of phenols is 1. The first-order valence-corrected chi connectivity index (χ1v) is 8.70. The molecular formula is C21H22F2O. The maximum Gasteiger partial charge on any atom is 0.200 e. The van der Waals surface area contributed by atoms with E-state index < -0.39 is 17.4 Å². The summed E-state index contributed by atoms with van der Waals surface area (Å²) in [7, 11) is 0. The molecule has 3 aliphatic rings. The van der Waals surface area contributed by atoms with Gasteiger partial charge in [0.15, 0.2) is 11.6 Å². The van der Waals surface area contributed by atoms with Gasteiger partial charge in [0, 0.05) is 5.56 Å². The Hall–Kier alpha value is -1.90. The molecule has 2 aromatic carbocycles. The average Bonchev–Trinajstić information content (AvgIpc) is 2.61. The van der Waals surface area contributed by atoms with Crippen LogP contribution in [0.1, 0.15) is 51.0 Å². The second-order valence-electron chi connectivity index (χ2n) is 7.93. The van der Waals surface area contributed by atoms with Gasteiger partial charge in [-0.3, -0.25) is 0 Å². The Morgan fingerprint density at radius 2 is 1.38 bits per heavy atom. The van der Waals surface area contributed by atoms with E-state index in [4.69, 9.17) is 0 Å². The van der Waals surface area contributed by atoms with Gasteiger partial charge in [0.2, 0.25) is 5.82 Å². The summed E-state index contributed by atoms with van der Waals surface area (Å²) in [6.45, 7) is 2.40. The zero-order chi connectivity index (χ0) is 16.9. The Morgan fingerprint density at radius 1 is 0.792 bits per heavy atom. The van der Waals surface area contributed by atoms with Gasteiger partial charge in [-0.2, -0.15) is 4.39 Å². The molecule has 0 saturated heterocycles. The van der Waals surface area contributed by atoms with E-state index in [1.54, 1.807) is 0 Å². The van der Waals surface area contributed by atoms with E-state index in [0.29, 0.717) is 11.0 Å². The van der Waals surface area contributed by atoms with Gasteiger partial charge in [0.05, 0.1) is 0 Å². The molecular weight excluding hydrogens is 306 g/mol. The van der Waals surface area contributed by atoms with E-state index >= 15 is 0 Å². The van der Waals surface area contributed by atoms with Crippen LogP contribution in [0.15, 0.2) is 36.4 Å². The molecule has 0 aromatic heterocycles. The van der Waals surface area contributed by atoms with Crippen molar-refractivity contribution < 1.29 is 13.9 Å². The first-order chi connectivity index (χ1) is 11.4. The minimum Gasteiger partial charge on any atom is -0.505 e. The van der Waals surface area contributed by atoms with Crippen molar-refractivity contribution >= 4 is 0 Å². The van der Waals surface area contributed by atoms with E-state index in [1.807, 2.05) is 12.1 Å². The molecule has 0 heterocycles. The van der Waals surface area contributed by atoms with Gasteiger partial charge in [-0.25, -0.2) is 4.39 Å². The minimum absolute atomic E-state index is 0.189. The monoisotopic (exact) mass is 328 g/mol. The summed E-state index contributed by atoms with van der Waals surface area (Å²) in [6, 6.07) is 10.5. The van der Waals surface area contributed by atoms with Crippen LogP contribution in [0.25, 0.3) is 11.1 Å². The van der Waals surface area contributed by atoms with Crippen LogP contribution in [0.4, 0.5) is 8.78 Å². The van der Waals surface area contributed by atoms with Gasteiger partial charge < -0.3 is 5.11 Å².